The number of nitrogens with one attached hydrogen (secondary N) is 2. The van der Waals surface area contributed by atoms with Gasteiger partial charge in [-0.05, 0) is 59.8 Å². The Balaban J connectivity index is 1.55. The summed E-state index contributed by atoms with van der Waals surface area (Å²) in [4.78, 5) is 27.2. The van der Waals surface area contributed by atoms with Crippen LogP contribution in [0.15, 0.2) is 95.2 Å². The van der Waals surface area contributed by atoms with Gasteiger partial charge >= 0.3 is 0 Å². The number of halogens is 1. The molecule has 0 aliphatic rings. The van der Waals surface area contributed by atoms with Crippen molar-refractivity contribution in [2.75, 3.05) is 10.6 Å². The summed E-state index contributed by atoms with van der Waals surface area (Å²) in [6, 6.07) is 26.2. The van der Waals surface area contributed by atoms with E-state index in [1.807, 2.05) is 85.1 Å². The molecule has 33 heavy (non-hydrogen) atoms. The second-order valence-electron chi connectivity index (χ2n) is 7.32. The molecule has 0 bridgehead atoms. The zero-order chi connectivity index (χ0) is 23.2. The summed E-state index contributed by atoms with van der Waals surface area (Å²) in [6.07, 6.45) is 0. The third-order valence-corrected chi connectivity index (χ3v) is 7.39. The molecule has 0 spiro atoms. The smallest absolute Gasteiger partial charge is 0.265 e. The highest BCUT2D eigenvalue weighted by Crippen LogP contribution is 2.37. The fraction of sp³-hybridized carbons (Fsp3) is 0.0769. The van der Waals surface area contributed by atoms with Crippen molar-refractivity contribution < 1.29 is 9.59 Å². The number of thiophene rings is 1. The lowest BCUT2D eigenvalue weighted by molar-refractivity contribution is -0.115. The fourth-order valence-electron chi connectivity index (χ4n) is 3.16. The number of anilines is 2. The minimum atomic E-state index is -0.491. The third-order valence-electron chi connectivity index (χ3n) is 4.87. The zero-order valence-corrected chi connectivity index (χ0v) is 20.1. The maximum Gasteiger partial charge on any atom is 0.265 e. The first-order valence-electron chi connectivity index (χ1n) is 10.2. The number of carbonyl (C=O) groups is 2. The molecular weight excluding hydrogens is 472 g/mol. The number of thioether (sulfide) groups is 1. The quantitative estimate of drug-likeness (QED) is 0.264. The Labute approximate surface area is 206 Å². The maximum absolute atomic E-state index is 13.3. The van der Waals surface area contributed by atoms with Crippen LogP contribution in [0, 0.1) is 6.92 Å². The predicted molar refractivity (Wildman–Crippen MR) is 139 cm³/mol. The monoisotopic (exact) mass is 492 g/mol. The summed E-state index contributed by atoms with van der Waals surface area (Å²) in [7, 11) is 0. The van der Waals surface area contributed by atoms with Gasteiger partial charge in [-0.1, -0.05) is 60.1 Å². The third kappa shape index (κ3) is 6.05. The molecule has 0 radical (unpaired) electrons. The van der Waals surface area contributed by atoms with Gasteiger partial charge in [0.2, 0.25) is 5.91 Å². The van der Waals surface area contributed by atoms with Gasteiger partial charge in [0.15, 0.2) is 0 Å². The minimum Gasteiger partial charge on any atom is -0.325 e. The number of aryl methyl sites for hydroxylation is 1. The highest BCUT2D eigenvalue weighted by atomic mass is 35.5. The first kappa shape index (κ1) is 23.1. The highest BCUT2D eigenvalue weighted by Gasteiger charge is 2.22. The maximum atomic E-state index is 13.3. The standard InChI is InChI=1S/C26H21ClN2O2S2/c1-17-12-13-20(16-22(17)27)29-26(31)24(18-7-3-2-4-8-18)33-21-10-5-9-19(15-21)28-25(30)23-11-6-14-32-23/h2-16,24H,1H3,(H,28,30)(H,29,31). The number of amides is 2. The van der Waals surface area contributed by atoms with Crippen LogP contribution < -0.4 is 10.6 Å². The van der Waals surface area contributed by atoms with Gasteiger partial charge in [-0.3, -0.25) is 9.59 Å². The summed E-state index contributed by atoms with van der Waals surface area (Å²) in [5.41, 5.74) is 3.15. The zero-order valence-electron chi connectivity index (χ0n) is 17.7. The van der Waals surface area contributed by atoms with Crippen LogP contribution in [0.25, 0.3) is 0 Å². The molecule has 4 nitrogen and oxygen atoms in total. The molecule has 2 amide bonds. The van der Waals surface area contributed by atoms with Crippen molar-refractivity contribution in [3.8, 4) is 0 Å². The van der Waals surface area contributed by atoms with Crippen LogP contribution in [0.4, 0.5) is 11.4 Å². The lowest BCUT2D eigenvalue weighted by atomic mass is 10.1. The summed E-state index contributed by atoms with van der Waals surface area (Å²) < 4.78 is 0. The van der Waals surface area contributed by atoms with Crippen LogP contribution in [-0.4, -0.2) is 11.8 Å². The summed E-state index contributed by atoms with van der Waals surface area (Å²) in [5, 5.41) is 7.88. The molecule has 0 fully saturated rings. The molecular formula is C26H21ClN2O2S2. The summed E-state index contributed by atoms with van der Waals surface area (Å²) in [5.74, 6) is -0.306. The molecule has 166 valence electrons. The van der Waals surface area contributed by atoms with E-state index in [2.05, 4.69) is 10.6 Å². The van der Waals surface area contributed by atoms with E-state index in [4.69, 9.17) is 11.6 Å². The first-order valence-corrected chi connectivity index (χ1v) is 12.4. The van der Waals surface area contributed by atoms with Crippen molar-refractivity contribution in [2.24, 2.45) is 0 Å². The van der Waals surface area contributed by atoms with Crippen molar-refractivity contribution in [1.82, 2.24) is 0 Å². The van der Waals surface area contributed by atoms with E-state index in [9.17, 15) is 9.59 Å². The van der Waals surface area contributed by atoms with E-state index in [1.165, 1.54) is 23.1 Å². The van der Waals surface area contributed by atoms with Crippen LogP contribution in [-0.2, 0) is 4.79 Å². The average molecular weight is 493 g/mol. The molecule has 0 saturated carbocycles. The van der Waals surface area contributed by atoms with Gasteiger partial charge in [-0.2, -0.15) is 0 Å². The van der Waals surface area contributed by atoms with Gasteiger partial charge in [0, 0.05) is 21.3 Å². The molecule has 1 aromatic heterocycles. The molecule has 0 aliphatic carbocycles. The minimum absolute atomic E-state index is 0.152. The predicted octanol–water partition coefficient (Wildman–Crippen LogP) is 7.43. The Hall–Kier alpha value is -3.06. The number of hydrogen-bond donors (Lipinski definition) is 2. The summed E-state index contributed by atoms with van der Waals surface area (Å²) >= 11 is 9.04. The molecule has 2 N–H and O–H groups in total. The molecule has 1 atom stereocenters. The lowest BCUT2D eigenvalue weighted by Gasteiger charge is -2.18. The second kappa shape index (κ2) is 10.7. The number of hydrogen-bond acceptors (Lipinski definition) is 4. The van der Waals surface area contributed by atoms with Crippen molar-refractivity contribution in [2.45, 2.75) is 17.1 Å². The Bertz CT molecular complexity index is 1260. The molecule has 1 unspecified atom stereocenters. The SMILES string of the molecule is Cc1ccc(NC(=O)C(Sc2cccc(NC(=O)c3cccs3)c2)c2ccccc2)cc1Cl. The number of rotatable bonds is 7. The molecule has 0 aliphatic heterocycles. The van der Waals surface area contributed by atoms with Crippen LogP contribution in [0.3, 0.4) is 0 Å². The molecule has 4 rings (SSSR count). The van der Waals surface area contributed by atoms with E-state index in [-0.39, 0.29) is 11.8 Å². The lowest BCUT2D eigenvalue weighted by Crippen LogP contribution is -2.19. The van der Waals surface area contributed by atoms with Gasteiger partial charge in [0.05, 0.1) is 4.88 Å². The van der Waals surface area contributed by atoms with Crippen LogP contribution in [0.5, 0.6) is 0 Å². The topological polar surface area (TPSA) is 58.2 Å². The first-order chi connectivity index (χ1) is 16.0. The molecule has 1 heterocycles. The molecule has 7 heteroatoms. The molecule has 3 aromatic carbocycles. The van der Waals surface area contributed by atoms with E-state index in [1.54, 1.807) is 12.1 Å². The van der Waals surface area contributed by atoms with E-state index >= 15 is 0 Å². The Morgan fingerprint density at radius 1 is 0.879 bits per heavy atom. The second-order valence-corrected chi connectivity index (χ2v) is 9.85. The average Bonchev–Trinajstić information content (AvgIpc) is 3.36. The van der Waals surface area contributed by atoms with E-state index in [0.717, 1.165) is 16.0 Å². The number of benzene rings is 3. The van der Waals surface area contributed by atoms with Gasteiger partial charge in [0.1, 0.15) is 5.25 Å². The Kier molecular flexibility index (Phi) is 7.50. The Morgan fingerprint density at radius 2 is 1.67 bits per heavy atom. The van der Waals surface area contributed by atoms with Gasteiger partial charge in [-0.15, -0.1) is 23.1 Å². The van der Waals surface area contributed by atoms with E-state index in [0.29, 0.717) is 21.3 Å². The van der Waals surface area contributed by atoms with Crippen molar-refractivity contribution in [3.05, 3.63) is 111 Å². The Morgan fingerprint density at radius 3 is 2.39 bits per heavy atom. The van der Waals surface area contributed by atoms with E-state index < -0.39 is 5.25 Å². The van der Waals surface area contributed by atoms with Crippen molar-refractivity contribution in [3.63, 3.8) is 0 Å². The van der Waals surface area contributed by atoms with Crippen LogP contribution in [0.2, 0.25) is 5.02 Å². The van der Waals surface area contributed by atoms with Gasteiger partial charge < -0.3 is 10.6 Å². The van der Waals surface area contributed by atoms with Gasteiger partial charge in [-0.25, -0.2) is 0 Å². The normalized spacial score (nSPS) is 11.6. The van der Waals surface area contributed by atoms with Crippen LogP contribution in [0.1, 0.15) is 26.0 Å². The molecule has 4 aromatic rings. The van der Waals surface area contributed by atoms with Crippen molar-refractivity contribution in [1.29, 1.82) is 0 Å². The number of carbonyl (C=O) groups excluding carboxylic acids is 2. The van der Waals surface area contributed by atoms with Crippen LogP contribution >= 0.6 is 34.7 Å². The highest BCUT2D eigenvalue weighted by molar-refractivity contribution is 8.00. The molecule has 0 saturated heterocycles. The van der Waals surface area contributed by atoms with Crippen molar-refractivity contribution >= 4 is 57.9 Å². The summed E-state index contributed by atoms with van der Waals surface area (Å²) in [6.45, 7) is 1.92. The van der Waals surface area contributed by atoms with Gasteiger partial charge in [0.25, 0.3) is 5.91 Å². The largest absolute Gasteiger partial charge is 0.325 e. The fourth-order valence-corrected chi connectivity index (χ4v) is 5.05.